The van der Waals surface area contributed by atoms with Gasteiger partial charge in [-0.2, -0.15) is 0 Å². The highest BCUT2D eigenvalue weighted by molar-refractivity contribution is 6.30. The van der Waals surface area contributed by atoms with E-state index in [2.05, 4.69) is 10.3 Å². The summed E-state index contributed by atoms with van der Waals surface area (Å²) < 4.78 is 0.803. The molecule has 0 saturated heterocycles. The zero-order valence-electron chi connectivity index (χ0n) is 16.0. The Morgan fingerprint density at radius 2 is 1.90 bits per heavy atom. The van der Waals surface area contributed by atoms with E-state index in [0.717, 1.165) is 10.8 Å². The predicted molar refractivity (Wildman–Crippen MR) is 110 cm³/mol. The molecule has 1 aromatic carbocycles. The highest BCUT2D eigenvalue weighted by atomic mass is 35.5. The average molecular weight is 452 g/mol. The lowest BCUT2D eigenvalue weighted by molar-refractivity contribution is -0.143. The topological polar surface area (TPSA) is 197 Å². The molecule has 0 saturated carbocycles. The standard InChI is InChI=1S/C18H18ClN5O7/c1-8(14(26)22-12(17(29)30)6-13(20)25)21-7-11-15(27)23-18(31)24(16(11)28)10-4-2-9(19)3-5-10/h2-5,7-8,12,28H,6H2,1H3,(H2,20,25)(H,22,26)(H,29,30)(H,23,27,31)/t8-,12-/m1/s1. The van der Waals surface area contributed by atoms with Gasteiger partial charge in [0.2, 0.25) is 17.7 Å². The van der Waals surface area contributed by atoms with Gasteiger partial charge in [0.15, 0.2) is 0 Å². The lowest BCUT2D eigenvalue weighted by Crippen LogP contribution is -2.46. The minimum atomic E-state index is -1.55. The number of nitrogens with two attached hydrogens (primary N) is 1. The molecule has 2 atom stereocenters. The first kappa shape index (κ1) is 23.3. The molecule has 2 amide bonds. The summed E-state index contributed by atoms with van der Waals surface area (Å²) in [7, 11) is 0. The summed E-state index contributed by atoms with van der Waals surface area (Å²) in [5.74, 6) is -3.99. The van der Waals surface area contributed by atoms with E-state index in [1.807, 2.05) is 4.98 Å². The van der Waals surface area contributed by atoms with Gasteiger partial charge in [-0.3, -0.25) is 24.4 Å². The zero-order chi connectivity index (χ0) is 23.3. The van der Waals surface area contributed by atoms with Crippen molar-refractivity contribution in [1.82, 2.24) is 14.9 Å². The number of nitrogens with one attached hydrogen (secondary N) is 2. The maximum Gasteiger partial charge on any atom is 0.335 e. The Hall–Kier alpha value is -3.93. The molecule has 2 rings (SSSR count). The Labute approximate surface area is 179 Å². The smallest absolute Gasteiger partial charge is 0.335 e. The number of benzene rings is 1. The molecule has 2 aromatic rings. The monoisotopic (exact) mass is 451 g/mol. The number of carbonyl (C=O) groups is 3. The molecule has 0 spiro atoms. The number of aromatic nitrogens is 2. The molecule has 0 bridgehead atoms. The second-order valence-electron chi connectivity index (χ2n) is 6.33. The number of aromatic hydroxyl groups is 1. The van der Waals surface area contributed by atoms with Gasteiger partial charge in [-0.1, -0.05) is 11.6 Å². The van der Waals surface area contributed by atoms with Crippen LogP contribution in [-0.2, 0) is 14.4 Å². The molecule has 0 aliphatic rings. The summed E-state index contributed by atoms with van der Waals surface area (Å²) >= 11 is 5.80. The van der Waals surface area contributed by atoms with Crippen molar-refractivity contribution in [1.29, 1.82) is 0 Å². The van der Waals surface area contributed by atoms with Gasteiger partial charge in [-0.15, -0.1) is 0 Å². The molecular formula is C18H18ClN5O7. The van der Waals surface area contributed by atoms with E-state index >= 15 is 0 Å². The third kappa shape index (κ3) is 5.79. The van der Waals surface area contributed by atoms with Crippen molar-refractivity contribution in [3.8, 4) is 11.6 Å². The van der Waals surface area contributed by atoms with Crippen LogP contribution < -0.4 is 22.3 Å². The van der Waals surface area contributed by atoms with Crippen LogP contribution in [0.25, 0.3) is 5.69 Å². The SMILES string of the molecule is C[C@@H](N=Cc1c(O)n(-c2ccc(Cl)cc2)c(=O)[nH]c1=O)C(=O)N[C@H](CC(N)=O)C(=O)O. The molecular weight excluding hydrogens is 434 g/mol. The van der Waals surface area contributed by atoms with Crippen molar-refractivity contribution < 1.29 is 24.6 Å². The molecule has 164 valence electrons. The van der Waals surface area contributed by atoms with E-state index in [-0.39, 0.29) is 5.69 Å². The number of halogens is 1. The third-order valence-corrected chi connectivity index (χ3v) is 4.28. The lowest BCUT2D eigenvalue weighted by Gasteiger charge is -2.14. The van der Waals surface area contributed by atoms with Gasteiger partial charge in [0.1, 0.15) is 17.6 Å². The van der Waals surface area contributed by atoms with Crippen molar-refractivity contribution in [3.05, 3.63) is 55.7 Å². The van der Waals surface area contributed by atoms with Crippen LogP contribution in [0.2, 0.25) is 5.02 Å². The van der Waals surface area contributed by atoms with Crippen molar-refractivity contribution in [2.45, 2.75) is 25.4 Å². The molecule has 31 heavy (non-hydrogen) atoms. The minimum Gasteiger partial charge on any atom is -0.493 e. The number of aliphatic carboxylic acids is 1. The number of carboxylic acids is 1. The van der Waals surface area contributed by atoms with Crippen molar-refractivity contribution >= 4 is 35.6 Å². The van der Waals surface area contributed by atoms with Gasteiger partial charge in [0, 0.05) is 11.2 Å². The molecule has 0 unspecified atom stereocenters. The summed E-state index contributed by atoms with van der Waals surface area (Å²) in [5.41, 5.74) is 2.87. The van der Waals surface area contributed by atoms with Gasteiger partial charge >= 0.3 is 11.7 Å². The minimum absolute atomic E-state index is 0.208. The predicted octanol–water partition coefficient (Wildman–Crippen LogP) is -0.863. The number of primary amides is 1. The Kier molecular flexibility index (Phi) is 7.32. The van der Waals surface area contributed by atoms with Crippen LogP contribution in [0.15, 0.2) is 38.8 Å². The molecule has 0 radical (unpaired) electrons. The van der Waals surface area contributed by atoms with Crippen molar-refractivity contribution in [3.63, 3.8) is 0 Å². The van der Waals surface area contributed by atoms with Crippen LogP contribution in [0.3, 0.4) is 0 Å². The molecule has 0 aliphatic carbocycles. The maximum absolute atomic E-state index is 12.1. The fraction of sp³-hybridized carbons (Fsp3) is 0.222. The highest BCUT2D eigenvalue weighted by Gasteiger charge is 2.24. The number of rotatable bonds is 8. The summed E-state index contributed by atoms with van der Waals surface area (Å²) in [6.07, 6.45) is 0.248. The Bertz CT molecular complexity index is 1150. The summed E-state index contributed by atoms with van der Waals surface area (Å²) in [4.78, 5) is 64.3. The normalized spacial score (nSPS) is 13.0. The average Bonchev–Trinajstić information content (AvgIpc) is 2.67. The van der Waals surface area contributed by atoms with E-state index in [1.54, 1.807) is 0 Å². The summed E-state index contributed by atoms with van der Waals surface area (Å²) in [6, 6.07) is 3.06. The summed E-state index contributed by atoms with van der Waals surface area (Å²) in [5, 5.41) is 21.9. The van der Waals surface area contributed by atoms with Crippen LogP contribution in [0.1, 0.15) is 18.9 Å². The van der Waals surface area contributed by atoms with E-state index in [4.69, 9.17) is 22.4 Å². The quantitative estimate of drug-likeness (QED) is 0.321. The first-order chi connectivity index (χ1) is 14.5. The highest BCUT2D eigenvalue weighted by Crippen LogP contribution is 2.17. The molecule has 6 N–H and O–H groups in total. The Morgan fingerprint density at radius 3 is 2.45 bits per heavy atom. The second-order valence-corrected chi connectivity index (χ2v) is 6.77. The first-order valence-electron chi connectivity index (χ1n) is 8.70. The lowest BCUT2D eigenvalue weighted by atomic mass is 10.2. The third-order valence-electron chi connectivity index (χ3n) is 4.03. The summed E-state index contributed by atoms with van der Waals surface area (Å²) in [6.45, 7) is 1.29. The van der Waals surface area contributed by atoms with Crippen LogP contribution in [0.4, 0.5) is 0 Å². The number of H-pyrrole nitrogens is 1. The fourth-order valence-electron chi connectivity index (χ4n) is 2.43. The van der Waals surface area contributed by atoms with E-state index in [1.165, 1.54) is 31.2 Å². The van der Waals surface area contributed by atoms with E-state index < -0.39 is 59.0 Å². The van der Waals surface area contributed by atoms with Gasteiger partial charge < -0.3 is 21.3 Å². The number of carboxylic acid groups (broad SMARTS) is 1. The molecule has 0 aliphatic heterocycles. The molecule has 13 heteroatoms. The number of carbonyl (C=O) groups excluding carboxylic acids is 2. The van der Waals surface area contributed by atoms with Gasteiger partial charge in [0.25, 0.3) is 5.56 Å². The van der Waals surface area contributed by atoms with Crippen LogP contribution >= 0.6 is 11.6 Å². The second kappa shape index (κ2) is 9.71. The number of aromatic amines is 1. The molecule has 1 aromatic heterocycles. The van der Waals surface area contributed by atoms with Gasteiger partial charge in [0.05, 0.1) is 12.1 Å². The fourth-order valence-corrected chi connectivity index (χ4v) is 2.56. The number of hydrogen-bond acceptors (Lipinski definition) is 7. The van der Waals surface area contributed by atoms with Crippen molar-refractivity contribution in [2.75, 3.05) is 0 Å². The van der Waals surface area contributed by atoms with Crippen LogP contribution in [0, 0.1) is 0 Å². The number of hydrogen-bond donors (Lipinski definition) is 5. The van der Waals surface area contributed by atoms with E-state index in [9.17, 15) is 29.1 Å². The van der Waals surface area contributed by atoms with Gasteiger partial charge in [-0.05, 0) is 31.2 Å². The number of aliphatic imine (C=N–C) groups is 1. The van der Waals surface area contributed by atoms with Crippen LogP contribution in [0.5, 0.6) is 5.88 Å². The van der Waals surface area contributed by atoms with Crippen LogP contribution in [-0.4, -0.2) is 55.8 Å². The Morgan fingerprint density at radius 1 is 1.29 bits per heavy atom. The molecule has 0 fully saturated rings. The number of nitrogens with zero attached hydrogens (tertiary/aromatic N) is 2. The Balaban J connectivity index is 2.32. The molecule has 1 heterocycles. The maximum atomic E-state index is 12.1. The first-order valence-corrected chi connectivity index (χ1v) is 9.08. The largest absolute Gasteiger partial charge is 0.493 e. The zero-order valence-corrected chi connectivity index (χ0v) is 16.8. The van der Waals surface area contributed by atoms with Crippen molar-refractivity contribution in [2.24, 2.45) is 10.7 Å². The van der Waals surface area contributed by atoms with Gasteiger partial charge in [-0.25, -0.2) is 14.2 Å². The molecule has 12 nitrogen and oxygen atoms in total. The number of amides is 2. The van der Waals surface area contributed by atoms with E-state index in [0.29, 0.717) is 5.02 Å².